The van der Waals surface area contributed by atoms with E-state index in [2.05, 4.69) is 168 Å². The van der Waals surface area contributed by atoms with Gasteiger partial charge >= 0.3 is 0 Å². The molecule has 0 aliphatic rings. The summed E-state index contributed by atoms with van der Waals surface area (Å²) in [5, 5.41) is 24.1. The lowest BCUT2D eigenvalue weighted by Gasteiger charge is -2.24. The second-order valence-electron chi connectivity index (χ2n) is 17.7. The molecule has 5 heterocycles. The first-order chi connectivity index (χ1) is 34.1. The van der Waals surface area contributed by atoms with E-state index >= 15 is 0 Å². The lowest BCUT2D eigenvalue weighted by molar-refractivity contribution is 0.652. The zero-order valence-corrected chi connectivity index (χ0v) is 36.7. The Labute approximate surface area is 392 Å². The molecule has 0 saturated heterocycles. The summed E-state index contributed by atoms with van der Waals surface area (Å²) in [7, 11) is 0. The summed E-state index contributed by atoms with van der Waals surface area (Å²) in [6.07, 6.45) is 0. The lowest BCUT2D eigenvalue weighted by atomic mass is 10.0. The van der Waals surface area contributed by atoms with Gasteiger partial charge in [-0.05, 0) is 140 Å². The third-order valence-corrected chi connectivity index (χ3v) is 13.6. The van der Waals surface area contributed by atoms with Crippen molar-refractivity contribution in [1.82, 2.24) is 15.2 Å². The Morgan fingerprint density at radius 2 is 0.710 bits per heavy atom. The van der Waals surface area contributed by atoms with Crippen molar-refractivity contribution in [3.05, 3.63) is 212 Å². The number of hydrogen-bond donors (Lipinski definition) is 0. The third-order valence-electron chi connectivity index (χ3n) is 13.6. The molecule has 0 bridgehead atoms. The summed E-state index contributed by atoms with van der Waals surface area (Å²) < 4.78 is 19.6. The maximum Gasteiger partial charge on any atom is 0.231 e. The maximum absolute atomic E-state index is 6.73. The number of rotatable bonds is 6. The Hall–Kier alpha value is -9.53. The van der Waals surface area contributed by atoms with Crippen LogP contribution in [0.25, 0.3) is 109 Å². The van der Waals surface area contributed by atoms with Crippen LogP contribution in [0.3, 0.4) is 0 Å². The van der Waals surface area contributed by atoms with Gasteiger partial charge in [-0.25, -0.2) is 0 Å². The molecule has 10 aromatic carbocycles. The number of benzene rings is 10. The fraction of sp³-hybridized carbons (Fsp3) is 0. The summed E-state index contributed by atoms with van der Waals surface area (Å²) in [5.74, 6) is 1.26. The largest absolute Gasteiger partial charge is 0.456 e. The minimum absolute atomic E-state index is 0.448. The zero-order valence-electron chi connectivity index (χ0n) is 36.7. The van der Waals surface area contributed by atoms with Gasteiger partial charge < -0.3 is 13.3 Å². The maximum atomic E-state index is 6.73. The first kappa shape index (κ1) is 37.7. The topological polar surface area (TPSA) is 84.6 Å². The highest BCUT2D eigenvalue weighted by Crippen LogP contribution is 2.43. The highest BCUT2D eigenvalue weighted by Gasteiger charge is 2.23. The monoisotopic (exact) mass is 885 g/mol. The molecule has 322 valence electrons. The van der Waals surface area contributed by atoms with Gasteiger partial charge in [0.2, 0.25) is 5.71 Å². The first-order valence-corrected chi connectivity index (χ1v) is 23.0. The number of aromatic nitrogens is 3. The number of pyridine rings is 1. The molecule has 0 N–H and O–H groups in total. The molecular formula is C61H35N5O3. The van der Waals surface area contributed by atoms with E-state index in [1.807, 2.05) is 54.6 Å². The molecule has 0 aliphatic carbocycles. The molecular weight excluding hydrogens is 851 g/mol. The van der Waals surface area contributed by atoms with Gasteiger partial charge in [0.25, 0.3) is 0 Å². The second kappa shape index (κ2) is 14.5. The fourth-order valence-corrected chi connectivity index (χ4v) is 10.3. The van der Waals surface area contributed by atoms with Crippen LogP contribution in [0.2, 0.25) is 0 Å². The normalized spacial score (nSPS) is 12.1. The van der Waals surface area contributed by atoms with Gasteiger partial charge in [0.15, 0.2) is 11.4 Å². The Bertz CT molecular complexity index is 4320. The molecule has 15 aromatic rings. The molecule has 0 amide bonds. The second-order valence-corrected chi connectivity index (χ2v) is 17.7. The molecule has 0 aliphatic heterocycles. The van der Waals surface area contributed by atoms with Crippen LogP contribution >= 0.6 is 0 Å². The number of furan rings is 3. The summed E-state index contributed by atoms with van der Waals surface area (Å²) in [6.45, 7) is 0. The Balaban J connectivity index is 0.887. The van der Waals surface area contributed by atoms with E-state index in [9.17, 15) is 0 Å². The Morgan fingerprint density at radius 3 is 1.28 bits per heavy atom. The van der Waals surface area contributed by atoms with E-state index in [1.54, 1.807) is 0 Å². The summed E-state index contributed by atoms with van der Waals surface area (Å²) >= 11 is 0. The average Bonchev–Trinajstić information content (AvgIpc) is 4.08. The highest BCUT2D eigenvalue weighted by atomic mass is 16.3. The van der Waals surface area contributed by atoms with Crippen LogP contribution in [-0.4, -0.2) is 15.2 Å². The van der Waals surface area contributed by atoms with Crippen molar-refractivity contribution >= 4 is 144 Å². The van der Waals surface area contributed by atoms with Gasteiger partial charge in [-0.3, -0.25) is 9.80 Å². The molecule has 0 radical (unpaired) electrons. The van der Waals surface area contributed by atoms with E-state index in [0.717, 1.165) is 93.6 Å². The van der Waals surface area contributed by atoms with Gasteiger partial charge in [0.1, 0.15) is 33.7 Å². The van der Waals surface area contributed by atoms with Crippen LogP contribution in [0.1, 0.15) is 0 Å². The van der Waals surface area contributed by atoms with E-state index in [0.29, 0.717) is 28.4 Å². The predicted octanol–water partition coefficient (Wildman–Crippen LogP) is 17.1. The van der Waals surface area contributed by atoms with Crippen LogP contribution in [0.15, 0.2) is 226 Å². The smallest absolute Gasteiger partial charge is 0.231 e. The van der Waals surface area contributed by atoms with Gasteiger partial charge in [0.05, 0.1) is 16.8 Å². The van der Waals surface area contributed by atoms with E-state index in [-0.39, 0.29) is 0 Å². The summed E-state index contributed by atoms with van der Waals surface area (Å²) in [5.41, 5.74) is 8.52. The number of anilines is 6. The van der Waals surface area contributed by atoms with E-state index < -0.39 is 0 Å². The predicted molar refractivity (Wildman–Crippen MR) is 281 cm³/mol. The van der Waals surface area contributed by atoms with Crippen molar-refractivity contribution in [2.75, 3.05) is 9.80 Å². The van der Waals surface area contributed by atoms with Gasteiger partial charge in [0, 0.05) is 51.1 Å². The zero-order chi connectivity index (χ0) is 45.2. The molecule has 0 unspecified atom stereocenters. The van der Waals surface area contributed by atoms with Crippen molar-refractivity contribution in [1.29, 1.82) is 0 Å². The molecule has 8 nitrogen and oxygen atoms in total. The van der Waals surface area contributed by atoms with Gasteiger partial charge in [-0.2, -0.15) is 4.98 Å². The van der Waals surface area contributed by atoms with E-state index in [4.69, 9.17) is 28.4 Å². The van der Waals surface area contributed by atoms with Crippen molar-refractivity contribution in [3.8, 4) is 0 Å². The van der Waals surface area contributed by atoms with Crippen LogP contribution in [0, 0.1) is 0 Å². The standard InChI is InChI=1S/C61H35N5O3/c1-3-11-38-29-42-31-44(19-17-40(42)27-36(38)9-1)65(46-21-23-50-48-13-5-7-15-53(48)67-55(50)33-46)58-26-25-52-60-57(69-61(52)62-58)35-59(63-64-60)66(47-22-24-51-49-14-6-8-16-54(49)68-56(51)34-47)45-20-18-41-28-37-10-2-4-12-39(37)30-43(41)32-45/h1-35H. The molecule has 8 heteroatoms. The first-order valence-electron chi connectivity index (χ1n) is 23.0. The fourth-order valence-electron chi connectivity index (χ4n) is 10.3. The van der Waals surface area contributed by atoms with Gasteiger partial charge in [-0.15, -0.1) is 10.2 Å². The van der Waals surface area contributed by atoms with Crippen LogP contribution in [0.4, 0.5) is 34.4 Å². The molecule has 0 atom stereocenters. The molecule has 0 saturated carbocycles. The van der Waals surface area contributed by atoms with Crippen LogP contribution in [0.5, 0.6) is 0 Å². The van der Waals surface area contributed by atoms with Crippen molar-refractivity contribution in [2.45, 2.75) is 0 Å². The number of para-hydroxylation sites is 2. The molecule has 0 fully saturated rings. The van der Waals surface area contributed by atoms with Crippen molar-refractivity contribution < 1.29 is 13.3 Å². The summed E-state index contributed by atoms with van der Waals surface area (Å²) in [6, 6.07) is 73.9. The van der Waals surface area contributed by atoms with E-state index in [1.165, 1.54) is 21.5 Å². The molecule has 5 aromatic heterocycles. The number of fused-ring (bicyclic) bond motifs is 13. The minimum atomic E-state index is 0.448. The minimum Gasteiger partial charge on any atom is -0.456 e. The quantitative estimate of drug-likeness (QED) is 0.153. The lowest BCUT2D eigenvalue weighted by Crippen LogP contribution is -2.12. The van der Waals surface area contributed by atoms with Crippen molar-refractivity contribution in [3.63, 3.8) is 0 Å². The number of nitrogens with zero attached hydrogens (tertiary/aromatic N) is 5. The highest BCUT2D eigenvalue weighted by molar-refractivity contribution is 6.09. The number of hydrogen-bond acceptors (Lipinski definition) is 8. The third kappa shape index (κ3) is 5.99. The molecule has 15 rings (SSSR count). The Morgan fingerprint density at radius 1 is 0.275 bits per heavy atom. The van der Waals surface area contributed by atoms with Gasteiger partial charge in [-0.1, -0.05) is 97.1 Å². The van der Waals surface area contributed by atoms with Crippen LogP contribution < -0.4 is 9.80 Å². The summed E-state index contributed by atoms with van der Waals surface area (Å²) in [4.78, 5) is 9.52. The molecule has 69 heavy (non-hydrogen) atoms. The SMILES string of the molecule is c1ccc2cc3cc(N(c4ccc5c(c4)oc4ccccc45)c4cc5oc6nc(N(c7ccc8cc9ccccc9cc8c7)c7ccc8c(c7)oc7ccccc78)ccc6c5nn4)ccc3cc2c1. The molecule has 0 spiro atoms. The van der Waals surface area contributed by atoms with Crippen molar-refractivity contribution in [2.24, 2.45) is 0 Å². The van der Waals surface area contributed by atoms with Crippen LogP contribution in [-0.2, 0) is 0 Å². The average molecular weight is 886 g/mol. The Kier molecular flexibility index (Phi) is 7.91.